The van der Waals surface area contributed by atoms with Crippen LogP contribution in [0.1, 0.15) is 37.4 Å². The molecule has 7 nitrogen and oxygen atoms in total. The van der Waals surface area contributed by atoms with Crippen molar-refractivity contribution in [3.05, 3.63) is 27.0 Å². The van der Waals surface area contributed by atoms with Gasteiger partial charge in [-0.25, -0.2) is 0 Å². The number of hydrogen-bond acceptors (Lipinski definition) is 6. The van der Waals surface area contributed by atoms with Crippen LogP contribution < -0.4 is 14.8 Å². The Kier molecular flexibility index (Phi) is 5.98. The Bertz CT molecular complexity index is 799. The number of H-pyrrole nitrogens is 1. The number of piperazine rings is 1. The summed E-state index contributed by atoms with van der Waals surface area (Å²) in [6, 6.07) is 3.66. The van der Waals surface area contributed by atoms with Crippen molar-refractivity contribution in [1.82, 2.24) is 20.4 Å². The van der Waals surface area contributed by atoms with Gasteiger partial charge in [-0.15, -0.1) is 16.4 Å². The number of aromatic nitrogens is 2. The number of aromatic amines is 1. The van der Waals surface area contributed by atoms with E-state index in [9.17, 15) is 4.79 Å². The highest BCUT2D eigenvalue weighted by Crippen LogP contribution is 2.35. The molecule has 1 atom stereocenters. The van der Waals surface area contributed by atoms with Gasteiger partial charge in [0.05, 0.1) is 17.5 Å². The molecule has 0 bridgehead atoms. The van der Waals surface area contributed by atoms with Gasteiger partial charge in [-0.1, -0.05) is 32.4 Å². The van der Waals surface area contributed by atoms with Crippen LogP contribution in [-0.2, 0) is 11.4 Å². The largest absolute Gasteiger partial charge is 0.490 e. The molecule has 1 aliphatic heterocycles. The molecule has 0 spiro atoms. The van der Waals surface area contributed by atoms with Crippen molar-refractivity contribution in [3.63, 3.8) is 0 Å². The van der Waals surface area contributed by atoms with Gasteiger partial charge in [-0.3, -0.25) is 9.89 Å². The number of carbonyl (C=O) groups excluding carboxylic acids is 1. The highest BCUT2D eigenvalue weighted by Gasteiger charge is 2.33. The second kappa shape index (κ2) is 8.08. The first-order chi connectivity index (χ1) is 12.8. The molecular weight excluding hydrogens is 388 g/mol. The molecule has 1 amide bonds. The number of rotatable bonds is 5. The van der Waals surface area contributed by atoms with Crippen LogP contribution in [-0.4, -0.2) is 47.7 Å². The Hall–Kier alpha value is -1.77. The molecule has 0 aliphatic carbocycles. The summed E-state index contributed by atoms with van der Waals surface area (Å²) in [6.07, 6.45) is 0. The van der Waals surface area contributed by atoms with Crippen molar-refractivity contribution in [2.45, 2.75) is 33.4 Å². The number of amides is 1. The fraction of sp³-hybridized carbons (Fsp3) is 0.556. The monoisotopic (exact) mass is 412 g/mol. The molecule has 0 radical (unpaired) electrons. The maximum absolute atomic E-state index is 12.6. The van der Waals surface area contributed by atoms with E-state index < -0.39 is 5.41 Å². The molecule has 148 valence electrons. The van der Waals surface area contributed by atoms with E-state index in [1.54, 1.807) is 7.11 Å². The number of hydrogen-bond donors (Lipinski definition) is 2. The Morgan fingerprint density at radius 3 is 2.85 bits per heavy atom. The smallest absolute Gasteiger partial charge is 0.276 e. The molecule has 3 rings (SSSR count). The summed E-state index contributed by atoms with van der Waals surface area (Å²) < 4.78 is 12.1. The van der Waals surface area contributed by atoms with Gasteiger partial charge in [0, 0.05) is 29.9 Å². The van der Waals surface area contributed by atoms with Gasteiger partial charge < -0.3 is 19.7 Å². The third kappa shape index (κ3) is 4.56. The van der Waals surface area contributed by atoms with E-state index in [-0.39, 0.29) is 11.9 Å². The molecule has 2 aromatic heterocycles. The third-order valence-corrected chi connectivity index (χ3v) is 5.56. The minimum absolute atomic E-state index is 0.0963. The van der Waals surface area contributed by atoms with Crippen LogP contribution in [0.3, 0.4) is 0 Å². The van der Waals surface area contributed by atoms with Gasteiger partial charge in [0.25, 0.3) is 5.88 Å². The van der Waals surface area contributed by atoms with Gasteiger partial charge in [0.15, 0.2) is 0 Å². The van der Waals surface area contributed by atoms with E-state index >= 15 is 0 Å². The molecular formula is C18H25ClN4O3S. The summed E-state index contributed by atoms with van der Waals surface area (Å²) in [5.41, 5.74) is 0.374. The van der Waals surface area contributed by atoms with Crippen LogP contribution in [0.2, 0.25) is 4.34 Å². The molecule has 0 aromatic carbocycles. The van der Waals surface area contributed by atoms with Crippen LogP contribution >= 0.6 is 22.9 Å². The van der Waals surface area contributed by atoms with Crippen LogP contribution in [0.15, 0.2) is 12.1 Å². The topological polar surface area (TPSA) is 79.5 Å². The first-order valence-electron chi connectivity index (χ1n) is 8.81. The maximum Gasteiger partial charge on any atom is 0.276 e. The number of thiophene rings is 1. The summed E-state index contributed by atoms with van der Waals surface area (Å²) in [7, 11) is 1.59. The zero-order valence-electron chi connectivity index (χ0n) is 16.0. The summed E-state index contributed by atoms with van der Waals surface area (Å²) in [4.78, 5) is 15.5. The number of nitrogens with one attached hydrogen (secondary N) is 2. The molecule has 27 heavy (non-hydrogen) atoms. The van der Waals surface area contributed by atoms with Crippen LogP contribution in [0.5, 0.6) is 11.6 Å². The predicted octanol–water partition coefficient (Wildman–Crippen LogP) is 3.23. The molecule has 1 fully saturated rings. The predicted molar refractivity (Wildman–Crippen MR) is 106 cm³/mol. The van der Waals surface area contributed by atoms with Crippen molar-refractivity contribution in [2.24, 2.45) is 5.41 Å². The van der Waals surface area contributed by atoms with Crippen molar-refractivity contribution in [1.29, 1.82) is 0 Å². The van der Waals surface area contributed by atoms with E-state index in [0.29, 0.717) is 37.9 Å². The average molecular weight is 413 g/mol. The van der Waals surface area contributed by atoms with Gasteiger partial charge in [0.2, 0.25) is 11.7 Å². The van der Waals surface area contributed by atoms with Gasteiger partial charge in [0.1, 0.15) is 12.3 Å². The van der Waals surface area contributed by atoms with Crippen LogP contribution in [0.4, 0.5) is 0 Å². The molecule has 1 aliphatic rings. The molecule has 0 saturated carbocycles. The number of carbonyl (C=O) groups is 1. The van der Waals surface area contributed by atoms with E-state index in [1.165, 1.54) is 11.3 Å². The van der Waals surface area contributed by atoms with Gasteiger partial charge in [-0.05, 0) is 12.1 Å². The van der Waals surface area contributed by atoms with E-state index in [1.807, 2.05) is 37.8 Å². The van der Waals surface area contributed by atoms with Crippen LogP contribution in [0.25, 0.3) is 0 Å². The minimum atomic E-state index is -0.407. The standard InChI is InChI=1S/C18H25ClN4O3S/c1-18(2,3)17(24)23-8-7-20-12(9-23)14-15(25-4)16(22-21-14)26-10-11-5-6-13(19)27-11/h5-6,12,20H,7-10H2,1-4H3,(H,21,22). The molecule has 2 N–H and O–H groups in total. The zero-order chi connectivity index (χ0) is 19.6. The zero-order valence-corrected chi connectivity index (χ0v) is 17.5. The first-order valence-corrected chi connectivity index (χ1v) is 10.0. The fourth-order valence-electron chi connectivity index (χ4n) is 3.03. The van der Waals surface area contributed by atoms with Crippen LogP contribution in [0, 0.1) is 5.41 Å². The molecule has 3 heterocycles. The average Bonchev–Trinajstić information content (AvgIpc) is 3.24. The van der Waals surface area contributed by atoms with Gasteiger partial charge in [-0.2, -0.15) is 0 Å². The Balaban J connectivity index is 1.72. The Morgan fingerprint density at radius 2 is 2.22 bits per heavy atom. The lowest BCUT2D eigenvalue weighted by atomic mass is 9.94. The normalized spacial score (nSPS) is 17.8. The first kappa shape index (κ1) is 20.0. The highest BCUT2D eigenvalue weighted by atomic mass is 35.5. The molecule has 1 saturated heterocycles. The lowest BCUT2D eigenvalue weighted by molar-refractivity contribution is -0.140. The Morgan fingerprint density at radius 1 is 1.44 bits per heavy atom. The van der Waals surface area contributed by atoms with E-state index in [0.717, 1.165) is 14.9 Å². The fourth-order valence-corrected chi connectivity index (χ4v) is 4.03. The van der Waals surface area contributed by atoms with Crippen molar-refractivity contribution in [3.8, 4) is 11.6 Å². The Labute approximate surface area is 168 Å². The lowest BCUT2D eigenvalue weighted by Crippen LogP contribution is -2.51. The number of halogens is 1. The van der Waals surface area contributed by atoms with Crippen molar-refractivity contribution < 1.29 is 14.3 Å². The second-order valence-electron chi connectivity index (χ2n) is 7.48. The molecule has 2 aromatic rings. The SMILES string of the molecule is COc1c(OCc2ccc(Cl)s2)n[nH]c1C1CN(C(=O)C(C)(C)C)CCN1. The minimum Gasteiger partial charge on any atom is -0.490 e. The number of nitrogens with zero attached hydrogens (tertiary/aromatic N) is 2. The summed E-state index contributed by atoms with van der Waals surface area (Å²) >= 11 is 7.42. The lowest BCUT2D eigenvalue weighted by Gasteiger charge is -2.36. The molecule has 1 unspecified atom stereocenters. The third-order valence-electron chi connectivity index (χ3n) is 4.35. The number of methoxy groups -OCH3 is 1. The maximum atomic E-state index is 12.6. The quantitative estimate of drug-likeness (QED) is 0.788. The van der Waals surface area contributed by atoms with E-state index in [4.69, 9.17) is 21.1 Å². The highest BCUT2D eigenvalue weighted by molar-refractivity contribution is 7.16. The number of ether oxygens (including phenoxy) is 2. The van der Waals surface area contributed by atoms with Gasteiger partial charge >= 0.3 is 0 Å². The second-order valence-corrected chi connectivity index (χ2v) is 9.28. The van der Waals surface area contributed by atoms with Crippen molar-refractivity contribution in [2.75, 3.05) is 26.7 Å². The summed E-state index contributed by atoms with van der Waals surface area (Å²) in [5, 5.41) is 10.7. The van der Waals surface area contributed by atoms with E-state index in [2.05, 4.69) is 15.5 Å². The van der Waals surface area contributed by atoms with Crippen molar-refractivity contribution >= 4 is 28.8 Å². The summed E-state index contributed by atoms with van der Waals surface area (Å²) in [6.45, 7) is 8.12. The summed E-state index contributed by atoms with van der Waals surface area (Å²) in [5.74, 6) is 1.09. The molecule has 9 heteroatoms.